The molecule has 84 valence electrons. The molecule has 0 fully saturated rings. The molecule has 1 atom stereocenters. The molecular weight excluding hydrogens is 254 g/mol. The van der Waals surface area contributed by atoms with Crippen LogP contribution in [0.1, 0.15) is 26.7 Å². The van der Waals surface area contributed by atoms with Gasteiger partial charge in [0.25, 0.3) is 0 Å². The zero-order chi connectivity index (χ0) is 11.3. The average Bonchev–Trinajstić information content (AvgIpc) is 2.21. The highest BCUT2D eigenvalue weighted by molar-refractivity contribution is 9.10. The Morgan fingerprint density at radius 1 is 1.47 bits per heavy atom. The van der Waals surface area contributed by atoms with Gasteiger partial charge in [0.1, 0.15) is 5.75 Å². The molecule has 0 bridgehead atoms. The Bertz CT molecular complexity index is 314. The Labute approximate surface area is 99.9 Å². The number of benzene rings is 1. The van der Waals surface area contributed by atoms with Crippen molar-refractivity contribution in [1.82, 2.24) is 0 Å². The number of halogens is 1. The molecule has 0 radical (unpaired) electrons. The molecule has 0 aromatic heterocycles. The lowest BCUT2D eigenvalue weighted by Gasteiger charge is -2.13. The fourth-order valence-electron chi connectivity index (χ4n) is 1.45. The van der Waals surface area contributed by atoms with Gasteiger partial charge in [-0.3, -0.25) is 0 Å². The molecule has 0 aliphatic heterocycles. The first-order chi connectivity index (χ1) is 7.15. The quantitative estimate of drug-likeness (QED) is 0.826. The van der Waals surface area contributed by atoms with Crippen molar-refractivity contribution < 1.29 is 4.74 Å². The van der Waals surface area contributed by atoms with Crippen LogP contribution in [0.2, 0.25) is 0 Å². The molecule has 1 rings (SSSR count). The van der Waals surface area contributed by atoms with Gasteiger partial charge >= 0.3 is 0 Å². The number of hydrogen-bond donors (Lipinski definition) is 1. The Morgan fingerprint density at radius 2 is 2.20 bits per heavy atom. The molecule has 2 nitrogen and oxygen atoms in total. The lowest BCUT2D eigenvalue weighted by atomic mass is 10.1. The van der Waals surface area contributed by atoms with Crippen molar-refractivity contribution in [3.63, 3.8) is 0 Å². The third kappa shape index (κ3) is 3.74. The molecule has 0 spiro atoms. The zero-order valence-electron chi connectivity index (χ0n) is 9.29. The van der Waals surface area contributed by atoms with Crippen molar-refractivity contribution in [2.75, 3.05) is 12.3 Å². The van der Waals surface area contributed by atoms with E-state index in [1.54, 1.807) is 0 Å². The summed E-state index contributed by atoms with van der Waals surface area (Å²) < 4.78 is 6.56. The maximum absolute atomic E-state index is 5.76. The minimum Gasteiger partial charge on any atom is -0.492 e. The van der Waals surface area contributed by atoms with E-state index in [1.807, 2.05) is 18.2 Å². The zero-order valence-corrected chi connectivity index (χ0v) is 10.9. The molecule has 0 saturated heterocycles. The van der Waals surface area contributed by atoms with Gasteiger partial charge in [-0.2, -0.15) is 0 Å². The van der Waals surface area contributed by atoms with Crippen molar-refractivity contribution in [3.05, 3.63) is 22.7 Å². The van der Waals surface area contributed by atoms with Crippen LogP contribution in [0.4, 0.5) is 5.69 Å². The van der Waals surface area contributed by atoms with Gasteiger partial charge in [-0.15, -0.1) is 0 Å². The van der Waals surface area contributed by atoms with Crippen molar-refractivity contribution in [2.24, 2.45) is 5.92 Å². The number of ether oxygens (including phenoxy) is 1. The number of hydrogen-bond acceptors (Lipinski definition) is 2. The molecule has 15 heavy (non-hydrogen) atoms. The van der Waals surface area contributed by atoms with Gasteiger partial charge in [0.2, 0.25) is 0 Å². The van der Waals surface area contributed by atoms with E-state index < -0.39 is 0 Å². The molecule has 3 heteroatoms. The molecule has 0 amide bonds. The lowest BCUT2D eigenvalue weighted by Crippen LogP contribution is -2.08. The first kappa shape index (κ1) is 12.4. The predicted octanol–water partition coefficient (Wildman–Crippen LogP) is 3.85. The van der Waals surface area contributed by atoms with Gasteiger partial charge in [0.15, 0.2) is 0 Å². The Morgan fingerprint density at radius 3 is 2.87 bits per heavy atom. The smallest absolute Gasteiger partial charge is 0.135 e. The molecule has 1 unspecified atom stereocenters. The van der Waals surface area contributed by atoms with E-state index in [9.17, 15) is 0 Å². The van der Waals surface area contributed by atoms with Crippen LogP contribution in [0.15, 0.2) is 22.7 Å². The van der Waals surface area contributed by atoms with Crippen molar-refractivity contribution in [3.8, 4) is 5.75 Å². The van der Waals surface area contributed by atoms with Crippen molar-refractivity contribution in [1.29, 1.82) is 0 Å². The van der Waals surface area contributed by atoms with Gasteiger partial charge < -0.3 is 10.5 Å². The second-order valence-corrected chi connectivity index (χ2v) is 4.66. The SMILES string of the molecule is CCCC(C)COc1cccc(N)c1Br. The highest BCUT2D eigenvalue weighted by Gasteiger charge is 2.06. The molecule has 0 aliphatic carbocycles. The van der Waals surface area contributed by atoms with Crippen LogP contribution in [-0.4, -0.2) is 6.61 Å². The van der Waals surface area contributed by atoms with Crippen LogP contribution in [-0.2, 0) is 0 Å². The average molecular weight is 272 g/mol. The minimum absolute atomic E-state index is 0.586. The molecular formula is C12H18BrNO. The van der Waals surface area contributed by atoms with Crippen LogP contribution in [0.5, 0.6) is 5.75 Å². The number of anilines is 1. The third-order valence-electron chi connectivity index (χ3n) is 2.30. The highest BCUT2D eigenvalue weighted by Crippen LogP contribution is 2.30. The summed E-state index contributed by atoms with van der Waals surface area (Å²) in [4.78, 5) is 0. The second kappa shape index (κ2) is 6.01. The van der Waals surface area contributed by atoms with Crippen LogP contribution in [0.25, 0.3) is 0 Å². The molecule has 0 saturated carbocycles. The summed E-state index contributed by atoms with van der Waals surface area (Å²) >= 11 is 3.42. The van der Waals surface area contributed by atoms with Gasteiger partial charge in [0, 0.05) is 5.69 Å². The molecule has 0 heterocycles. The summed E-state index contributed by atoms with van der Waals surface area (Å²) in [5, 5.41) is 0. The van der Waals surface area contributed by atoms with E-state index >= 15 is 0 Å². The van der Waals surface area contributed by atoms with Gasteiger partial charge in [0.05, 0.1) is 11.1 Å². The largest absolute Gasteiger partial charge is 0.492 e. The minimum atomic E-state index is 0.586. The van der Waals surface area contributed by atoms with Crippen LogP contribution >= 0.6 is 15.9 Å². The lowest BCUT2D eigenvalue weighted by molar-refractivity contribution is 0.250. The van der Waals surface area contributed by atoms with E-state index in [0.29, 0.717) is 5.92 Å². The van der Waals surface area contributed by atoms with Gasteiger partial charge in [-0.05, 0) is 40.4 Å². The van der Waals surface area contributed by atoms with Crippen molar-refractivity contribution in [2.45, 2.75) is 26.7 Å². The first-order valence-electron chi connectivity index (χ1n) is 5.32. The Hall–Kier alpha value is -0.700. The number of nitrogen functional groups attached to an aromatic ring is 1. The standard InChI is InChI=1S/C12H18BrNO/c1-3-5-9(2)8-15-11-7-4-6-10(14)12(11)13/h4,6-7,9H,3,5,8,14H2,1-2H3. The summed E-state index contributed by atoms with van der Waals surface area (Å²) in [6, 6.07) is 5.69. The number of nitrogens with two attached hydrogens (primary N) is 1. The van der Waals surface area contributed by atoms with Gasteiger partial charge in [-0.1, -0.05) is 26.3 Å². The normalized spacial score (nSPS) is 12.5. The molecule has 2 N–H and O–H groups in total. The highest BCUT2D eigenvalue weighted by atomic mass is 79.9. The monoisotopic (exact) mass is 271 g/mol. The van der Waals surface area contributed by atoms with Gasteiger partial charge in [-0.25, -0.2) is 0 Å². The fourth-order valence-corrected chi connectivity index (χ4v) is 1.83. The van der Waals surface area contributed by atoms with E-state index in [-0.39, 0.29) is 0 Å². The Balaban J connectivity index is 2.54. The Kier molecular flexibility index (Phi) is 4.95. The summed E-state index contributed by atoms with van der Waals surface area (Å²) in [5.74, 6) is 1.42. The van der Waals surface area contributed by atoms with E-state index in [0.717, 1.165) is 22.5 Å². The van der Waals surface area contributed by atoms with E-state index in [1.165, 1.54) is 12.8 Å². The van der Waals surface area contributed by atoms with Crippen LogP contribution < -0.4 is 10.5 Å². The van der Waals surface area contributed by atoms with E-state index in [4.69, 9.17) is 10.5 Å². The molecule has 0 aliphatic rings. The number of rotatable bonds is 5. The van der Waals surface area contributed by atoms with Crippen LogP contribution in [0, 0.1) is 5.92 Å². The predicted molar refractivity (Wildman–Crippen MR) is 68.1 cm³/mol. The molecule has 1 aromatic rings. The summed E-state index contributed by atoms with van der Waals surface area (Å²) in [6.07, 6.45) is 2.39. The summed E-state index contributed by atoms with van der Waals surface area (Å²) in [7, 11) is 0. The maximum atomic E-state index is 5.76. The topological polar surface area (TPSA) is 35.2 Å². The first-order valence-corrected chi connectivity index (χ1v) is 6.11. The van der Waals surface area contributed by atoms with Crippen molar-refractivity contribution >= 4 is 21.6 Å². The summed E-state index contributed by atoms with van der Waals surface area (Å²) in [6.45, 7) is 5.13. The van der Waals surface area contributed by atoms with E-state index in [2.05, 4.69) is 29.8 Å². The summed E-state index contributed by atoms with van der Waals surface area (Å²) in [5.41, 5.74) is 6.48. The maximum Gasteiger partial charge on any atom is 0.135 e. The fraction of sp³-hybridized carbons (Fsp3) is 0.500. The second-order valence-electron chi connectivity index (χ2n) is 3.86. The van der Waals surface area contributed by atoms with Crippen LogP contribution in [0.3, 0.4) is 0 Å². The molecule has 1 aromatic carbocycles. The third-order valence-corrected chi connectivity index (χ3v) is 3.15.